The van der Waals surface area contributed by atoms with E-state index in [9.17, 15) is 9.59 Å². The molecule has 0 aliphatic carbocycles. The van der Waals surface area contributed by atoms with Gasteiger partial charge in [0.1, 0.15) is 5.69 Å². The second-order valence-corrected chi connectivity index (χ2v) is 7.82. The largest absolute Gasteiger partial charge is 0.321 e. The summed E-state index contributed by atoms with van der Waals surface area (Å²) in [6.07, 6.45) is 2.97. The van der Waals surface area contributed by atoms with Crippen LogP contribution >= 0.6 is 11.8 Å². The normalized spacial score (nSPS) is 11.4. The van der Waals surface area contributed by atoms with Gasteiger partial charge in [0.2, 0.25) is 5.91 Å². The zero-order valence-corrected chi connectivity index (χ0v) is 13.8. The number of rotatable bonds is 5. The Kier molecular flexibility index (Phi) is 5.87. The van der Waals surface area contributed by atoms with Crippen LogP contribution in [0.4, 0.5) is 5.69 Å². The molecule has 0 radical (unpaired) electrons. The molecule has 1 aromatic rings. The van der Waals surface area contributed by atoms with Gasteiger partial charge in [-0.25, -0.2) is 0 Å². The Morgan fingerprint density at radius 3 is 2.65 bits per heavy atom. The molecule has 0 saturated carbocycles. The van der Waals surface area contributed by atoms with Crippen LogP contribution in [-0.2, 0) is 11.8 Å². The highest BCUT2D eigenvalue weighted by molar-refractivity contribution is 8.00. The number of hydrogen-bond acceptors (Lipinski definition) is 3. The van der Waals surface area contributed by atoms with Crippen molar-refractivity contribution in [3.8, 4) is 0 Å². The van der Waals surface area contributed by atoms with Crippen LogP contribution in [0.15, 0.2) is 17.1 Å². The highest BCUT2D eigenvalue weighted by Crippen LogP contribution is 2.24. The quantitative estimate of drug-likeness (QED) is 0.850. The number of carbonyl (C=O) groups excluding carboxylic acids is 1. The number of amides is 1. The van der Waals surface area contributed by atoms with Crippen LogP contribution in [0.25, 0.3) is 0 Å². The number of aryl methyl sites for hydroxylation is 2. The van der Waals surface area contributed by atoms with E-state index in [1.807, 2.05) is 24.8 Å². The fraction of sp³-hybridized carbons (Fsp3) is 0.600. The topological polar surface area (TPSA) is 51.1 Å². The summed E-state index contributed by atoms with van der Waals surface area (Å²) in [4.78, 5) is 23.8. The Bertz CT molecular complexity index is 530. The van der Waals surface area contributed by atoms with E-state index in [0.29, 0.717) is 12.1 Å². The van der Waals surface area contributed by atoms with E-state index < -0.39 is 0 Å². The van der Waals surface area contributed by atoms with Crippen LogP contribution in [0.3, 0.4) is 0 Å². The number of thioether (sulfide) groups is 1. The van der Waals surface area contributed by atoms with Crippen LogP contribution in [-0.4, -0.2) is 21.0 Å². The monoisotopic (exact) mass is 296 g/mol. The minimum Gasteiger partial charge on any atom is -0.321 e. The first-order valence-electron chi connectivity index (χ1n) is 6.81. The number of anilines is 1. The predicted octanol–water partition coefficient (Wildman–Crippen LogP) is 2.94. The highest BCUT2D eigenvalue weighted by Gasteiger charge is 2.12. The Hall–Kier alpha value is -1.23. The molecular weight excluding hydrogens is 272 g/mol. The van der Waals surface area contributed by atoms with Crippen LogP contribution in [0, 0.1) is 6.92 Å². The van der Waals surface area contributed by atoms with Crippen molar-refractivity contribution in [2.45, 2.75) is 45.3 Å². The van der Waals surface area contributed by atoms with Gasteiger partial charge in [-0.15, -0.1) is 0 Å². The van der Waals surface area contributed by atoms with Gasteiger partial charge in [-0.1, -0.05) is 20.8 Å². The molecule has 0 atom stereocenters. The van der Waals surface area contributed by atoms with E-state index in [4.69, 9.17) is 0 Å². The maximum atomic E-state index is 11.9. The molecule has 20 heavy (non-hydrogen) atoms. The highest BCUT2D eigenvalue weighted by atomic mass is 32.2. The van der Waals surface area contributed by atoms with E-state index in [1.54, 1.807) is 13.2 Å². The molecule has 0 saturated heterocycles. The van der Waals surface area contributed by atoms with E-state index >= 15 is 0 Å². The van der Waals surface area contributed by atoms with Crippen LogP contribution in [0.5, 0.6) is 0 Å². The molecule has 1 heterocycles. The molecule has 0 aliphatic heterocycles. The third-order valence-corrected chi connectivity index (χ3v) is 4.18. The second kappa shape index (κ2) is 6.97. The predicted molar refractivity (Wildman–Crippen MR) is 86.5 cm³/mol. The lowest BCUT2D eigenvalue weighted by atomic mass is 10.2. The fourth-order valence-electron chi connectivity index (χ4n) is 1.68. The summed E-state index contributed by atoms with van der Waals surface area (Å²) < 4.78 is 1.69. The SMILES string of the molecule is Cc1ccn(C)c(=O)c1NC(=O)CCCSC(C)(C)C. The maximum absolute atomic E-state index is 11.9. The average Bonchev–Trinajstić information content (AvgIpc) is 2.34. The molecule has 1 amide bonds. The number of carbonyl (C=O) groups is 1. The molecule has 1 N–H and O–H groups in total. The Labute approximate surface area is 125 Å². The van der Waals surface area contributed by atoms with Crippen molar-refractivity contribution in [3.05, 3.63) is 28.2 Å². The standard InChI is InChI=1S/C15H24N2O2S/c1-11-8-9-17(5)14(19)13(11)16-12(18)7-6-10-20-15(2,3)4/h8-9H,6-7,10H2,1-5H3,(H,16,18). The van der Waals surface area contributed by atoms with Gasteiger partial charge >= 0.3 is 0 Å². The minimum absolute atomic E-state index is 0.0918. The van der Waals surface area contributed by atoms with Gasteiger partial charge in [0.15, 0.2) is 0 Å². The van der Waals surface area contributed by atoms with Gasteiger partial charge in [0.05, 0.1) is 0 Å². The zero-order chi connectivity index (χ0) is 15.3. The van der Waals surface area contributed by atoms with Crippen molar-refractivity contribution in [1.82, 2.24) is 4.57 Å². The zero-order valence-electron chi connectivity index (χ0n) is 12.9. The van der Waals surface area contributed by atoms with E-state index in [0.717, 1.165) is 17.7 Å². The summed E-state index contributed by atoms with van der Waals surface area (Å²) in [6, 6.07) is 1.83. The molecule has 5 heteroatoms. The van der Waals surface area contributed by atoms with Crippen molar-refractivity contribution in [2.75, 3.05) is 11.1 Å². The minimum atomic E-state index is -0.164. The lowest BCUT2D eigenvalue weighted by Crippen LogP contribution is -2.25. The van der Waals surface area contributed by atoms with Gasteiger partial charge in [-0.3, -0.25) is 9.59 Å². The molecule has 112 valence electrons. The summed E-state index contributed by atoms with van der Waals surface area (Å²) >= 11 is 1.84. The fourth-order valence-corrected chi connectivity index (χ4v) is 2.59. The summed E-state index contributed by atoms with van der Waals surface area (Å²) in [5.41, 5.74) is 1.02. The van der Waals surface area contributed by atoms with E-state index in [2.05, 4.69) is 26.1 Å². The van der Waals surface area contributed by atoms with Gasteiger partial charge in [0, 0.05) is 24.4 Å². The first kappa shape index (κ1) is 16.8. The number of hydrogen-bond donors (Lipinski definition) is 1. The Morgan fingerprint density at radius 1 is 1.40 bits per heavy atom. The molecule has 0 fully saturated rings. The lowest BCUT2D eigenvalue weighted by molar-refractivity contribution is -0.116. The summed E-state index contributed by atoms with van der Waals surface area (Å²) in [5, 5.41) is 2.74. The molecule has 0 spiro atoms. The van der Waals surface area contributed by atoms with Crippen molar-refractivity contribution >= 4 is 23.4 Å². The van der Waals surface area contributed by atoms with Crippen molar-refractivity contribution < 1.29 is 4.79 Å². The van der Waals surface area contributed by atoms with Gasteiger partial charge in [-0.05, 0) is 30.7 Å². The Balaban J connectivity index is 2.52. The van der Waals surface area contributed by atoms with Gasteiger partial charge < -0.3 is 9.88 Å². The summed E-state index contributed by atoms with van der Waals surface area (Å²) in [5.74, 6) is 0.855. The van der Waals surface area contributed by atoms with Crippen molar-refractivity contribution in [3.63, 3.8) is 0 Å². The van der Waals surface area contributed by atoms with E-state index in [-0.39, 0.29) is 16.2 Å². The van der Waals surface area contributed by atoms with Crippen molar-refractivity contribution in [1.29, 1.82) is 0 Å². The van der Waals surface area contributed by atoms with Gasteiger partial charge in [-0.2, -0.15) is 11.8 Å². The number of nitrogens with one attached hydrogen (secondary N) is 1. The molecular formula is C15H24N2O2S. The molecule has 0 aliphatic rings. The smallest absolute Gasteiger partial charge is 0.274 e. The second-order valence-electron chi connectivity index (χ2n) is 5.90. The van der Waals surface area contributed by atoms with Gasteiger partial charge in [0.25, 0.3) is 5.56 Å². The van der Waals surface area contributed by atoms with Crippen LogP contribution in [0.2, 0.25) is 0 Å². The molecule has 4 nitrogen and oxygen atoms in total. The molecule has 0 aromatic carbocycles. The third kappa shape index (κ3) is 5.41. The van der Waals surface area contributed by atoms with Crippen LogP contribution < -0.4 is 10.9 Å². The molecule has 0 bridgehead atoms. The average molecular weight is 296 g/mol. The lowest BCUT2D eigenvalue weighted by Gasteiger charge is -2.17. The van der Waals surface area contributed by atoms with E-state index in [1.165, 1.54) is 4.57 Å². The molecule has 0 unspecified atom stereocenters. The third-order valence-electron chi connectivity index (χ3n) is 2.82. The number of nitrogens with zero attached hydrogens (tertiary/aromatic N) is 1. The number of pyridine rings is 1. The van der Waals surface area contributed by atoms with Crippen LogP contribution in [0.1, 0.15) is 39.2 Å². The molecule has 1 aromatic heterocycles. The first-order valence-corrected chi connectivity index (χ1v) is 7.79. The Morgan fingerprint density at radius 2 is 2.05 bits per heavy atom. The summed E-state index contributed by atoms with van der Waals surface area (Å²) in [6.45, 7) is 8.31. The first-order chi connectivity index (χ1) is 9.20. The maximum Gasteiger partial charge on any atom is 0.274 e. The number of aromatic nitrogens is 1. The molecule has 1 rings (SSSR count). The van der Waals surface area contributed by atoms with Crippen molar-refractivity contribution in [2.24, 2.45) is 7.05 Å². The summed E-state index contributed by atoms with van der Waals surface area (Å²) in [7, 11) is 1.68.